The number of hydrogen-bond acceptors (Lipinski definition) is 4. The molecule has 3 aromatic rings. The van der Waals surface area contributed by atoms with Crippen LogP contribution in [0.3, 0.4) is 0 Å². The highest BCUT2D eigenvalue weighted by molar-refractivity contribution is 5.71. The van der Waals surface area contributed by atoms with Crippen molar-refractivity contribution in [1.29, 1.82) is 0 Å². The fourth-order valence-corrected chi connectivity index (χ4v) is 3.62. The van der Waals surface area contributed by atoms with Crippen LogP contribution >= 0.6 is 0 Å². The average molecular weight is 393 g/mol. The number of pyridine rings is 2. The molecule has 2 atom stereocenters. The number of halogens is 2. The van der Waals surface area contributed by atoms with E-state index in [2.05, 4.69) is 15.3 Å². The van der Waals surface area contributed by atoms with Crippen LogP contribution in [-0.4, -0.2) is 16.1 Å². The number of carbonyl (C=O) groups is 1. The lowest BCUT2D eigenvalue weighted by Gasteiger charge is -2.18. The Morgan fingerprint density at radius 2 is 1.86 bits per heavy atom. The van der Waals surface area contributed by atoms with Crippen molar-refractivity contribution in [3.63, 3.8) is 0 Å². The van der Waals surface area contributed by atoms with Crippen molar-refractivity contribution in [2.45, 2.75) is 30.9 Å². The second-order valence-electron chi connectivity index (χ2n) is 7.33. The molecule has 3 heterocycles. The molecule has 7 heteroatoms. The first-order valence-corrected chi connectivity index (χ1v) is 9.44. The topological polar surface area (TPSA) is 64.1 Å². The van der Waals surface area contributed by atoms with E-state index in [-0.39, 0.29) is 5.56 Å². The van der Waals surface area contributed by atoms with Gasteiger partial charge >= 0.3 is 6.09 Å². The maximum Gasteiger partial charge on any atom is 0.408 e. The molecule has 1 amide bonds. The van der Waals surface area contributed by atoms with Crippen molar-refractivity contribution < 1.29 is 18.3 Å². The van der Waals surface area contributed by atoms with Gasteiger partial charge in [0.2, 0.25) is 5.95 Å². The summed E-state index contributed by atoms with van der Waals surface area (Å²) in [6.45, 7) is 0. The molecule has 0 bridgehead atoms. The van der Waals surface area contributed by atoms with E-state index in [1.54, 1.807) is 6.07 Å². The molecule has 2 aromatic heterocycles. The van der Waals surface area contributed by atoms with E-state index in [0.717, 1.165) is 18.5 Å². The summed E-state index contributed by atoms with van der Waals surface area (Å²) in [5.74, 6) is -0.609. The molecule has 0 spiro atoms. The Labute approximate surface area is 165 Å². The van der Waals surface area contributed by atoms with Crippen LogP contribution in [0.1, 0.15) is 47.7 Å². The van der Waals surface area contributed by atoms with E-state index >= 15 is 0 Å². The molecule has 2 aliphatic rings. The Balaban J connectivity index is 1.52. The highest BCUT2D eigenvalue weighted by Gasteiger charge is 2.38. The number of hydrogen-bond donors (Lipinski definition) is 1. The number of benzene rings is 1. The van der Waals surface area contributed by atoms with Crippen LogP contribution in [0.25, 0.3) is 11.3 Å². The molecule has 1 saturated heterocycles. The lowest BCUT2D eigenvalue weighted by Crippen LogP contribution is -2.21. The molecular formula is C22H17F2N3O2. The third kappa shape index (κ3) is 3.44. The maximum absolute atomic E-state index is 14.6. The minimum absolute atomic E-state index is 0.196. The highest BCUT2D eigenvalue weighted by Crippen LogP contribution is 2.40. The van der Waals surface area contributed by atoms with Gasteiger partial charge in [0.05, 0.1) is 5.69 Å². The molecule has 1 saturated carbocycles. The van der Waals surface area contributed by atoms with Crippen LogP contribution in [-0.2, 0) is 4.74 Å². The second kappa shape index (κ2) is 6.92. The Hall–Kier alpha value is -3.35. The number of alkyl carbamates (subject to hydrolysis) is 1. The van der Waals surface area contributed by atoms with Gasteiger partial charge in [0.1, 0.15) is 11.9 Å². The van der Waals surface area contributed by atoms with Crippen LogP contribution in [0.4, 0.5) is 13.6 Å². The van der Waals surface area contributed by atoms with Gasteiger partial charge in [0, 0.05) is 28.9 Å². The van der Waals surface area contributed by atoms with Crippen LogP contribution in [0.15, 0.2) is 54.7 Å². The lowest BCUT2D eigenvalue weighted by atomic mass is 9.96. The fraction of sp³-hybridized carbons (Fsp3) is 0.227. The minimum Gasteiger partial charge on any atom is -0.439 e. The molecule has 0 unspecified atom stereocenters. The smallest absolute Gasteiger partial charge is 0.408 e. The fourth-order valence-electron chi connectivity index (χ4n) is 3.62. The third-order valence-corrected chi connectivity index (χ3v) is 5.27. The SMILES string of the molecule is O=C1N[C@H](c2cc(-c3cccc(C4CC4)n3)cnc2F)[C@@H](c2ccc(F)cc2)O1. The zero-order chi connectivity index (χ0) is 20.0. The van der Waals surface area contributed by atoms with Gasteiger partial charge in [-0.15, -0.1) is 0 Å². The number of nitrogens with one attached hydrogen (secondary N) is 1. The number of carbonyl (C=O) groups excluding carboxylic acids is 1. The zero-order valence-corrected chi connectivity index (χ0v) is 15.3. The summed E-state index contributed by atoms with van der Waals surface area (Å²) in [7, 11) is 0. The largest absolute Gasteiger partial charge is 0.439 e. The summed E-state index contributed by atoms with van der Waals surface area (Å²) >= 11 is 0. The summed E-state index contributed by atoms with van der Waals surface area (Å²) in [6, 6.07) is 12.2. The van der Waals surface area contributed by atoms with E-state index < -0.39 is 30.0 Å². The highest BCUT2D eigenvalue weighted by atomic mass is 19.1. The summed E-state index contributed by atoms with van der Waals surface area (Å²) in [5, 5.41) is 2.64. The monoisotopic (exact) mass is 393 g/mol. The molecule has 5 rings (SSSR count). The predicted octanol–water partition coefficient (Wildman–Crippen LogP) is 4.82. The molecule has 2 fully saturated rings. The summed E-state index contributed by atoms with van der Waals surface area (Å²) in [6.07, 6.45) is 2.24. The van der Waals surface area contributed by atoms with Crippen molar-refractivity contribution in [2.24, 2.45) is 0 Å². The zero-order valence-electron chi connectivity index (χ0n) is 15.3. The molecule has 146 valence electrons. The first-order valence-electron chi connectivity index (χ1n) is 9.44. The molecule has 0 radical (unpaired) electrons. The first kappa shape index (κ1) is 17.7. The molecule has 29 heavy (non-hydrogen) atoms. The van der Waals surface area contributed by atoms with E-state index in [4.69, 9.17) is 4.74 Å². The van der Waals surface area contributed by atoms with Gasteiger partial charge in [0.15, 0.2) is 6.10 Å². The Morgan fingerprint density at radius 3 is 2.62 bits per heavy atom. The van der Waals surface area contributed by atoms with Gasteiger partial charge in [-0.3, -0.25) is 4.98 Å². The standard InChI is InChI=1S/C22H17F2N3O2/c23-15-8-6-13(7-9-15)20-19(27-22(28)29-20)16-10-14(11-25-21(16)24)18-3-1-2-17(26-18)12-4-5-12/h1-3,6-12,19-20H,4-5H2,(H,27,28)/t19-,20-/m1/s1. The summed E-state index contributed by atoms with van der Waals surface area (Å²) in [5.41, 5.74) is 3.14. The van der Waals surface area contributed by atoms with Crippen molar-refractivity contribution in [3.05, 3.63) is 83.3 Å². The lowest BCUT2D eigenvalue weighted by molar-refractivity contribution is 0.131. The van der Waals surface area contributed by atoms with Crippen LogP contribution in [0, 0.1) is 11.8 Å². The van der Waals surface area contributed by atoms with Crippen LogP contribution in [0.2, 0.25) is 0 Å². The number of nitrogens with zero attached hydrogens (tertiary/aromatic N) is 2. The molecule has 5 nitrogen and oxygen atoms in total. The summed E-state index contributed by atoms with van der Waals surface area (Å²) < 4.78 is 33.2. The molecular weight excluding hydrogens is 376 g/mol. The molecule has 1 aromatic carbocycles. The maximum atomic E-state index is 14.6. The van der Waals surface area contributed by atoms with Gasteiger partial charge in [0.25, 0.3) is 0 Å². The average Bonchev–Trinajstić information content (AvgIpc) is 3.51. The van der Waals surface area contributed by atoms with Gasteiger partial charge in [-0.1, -0.05) is 18.2 Å². The molecule has 1 aliphatic carbocycles. The van der Waals surface area contributed by atoms with Crippen molar-refractivity contribution in [3.8, 4) is 11.3 Å². The quantitative estimate of drug-likeness (QED) is 0.646. The first-order chi connectivity index (χ1) is 14.1. The Morgan fingerprint density at radius 1 is 1.07 bits per heavy atom. The number of cyclic esters (lactones) is 1. The van der Waals surface area contributed by atoms with Crippen LogP contribution in [0.5, 0.6) is 0 Å². The Bertz CT molecular complexity index is 1080. The van der Waals surface area contributed by atoms with E-state index in [9.17, 15) is 13.6 Å². The second-order valence-corrected chi connectivity index (χ2v) is 7.33. The van der Waals surface area contributed by atoms with Gasteiger partial charge < -0.3 is 10.1 Å². The normalized spacial score (nSPS) is 21.0. The summed E-state index contributed by atoms with van der Waals surface area (Å²) in [4.78, 5) is 20.5. The van der Waals surface area contributed by atoms with E-state index in [0.29, 0.717) is 22.7 Å². The van der Waals surface area contributed by atoms with Crippen molar-refractivity contribution >= 4 is 6.09 Å². The van der Waals surface area contributed by atoms with E-state index in [1.807, 2.05) is 18.2 Å². The molecule has 1 N–H and O–H groups in total. The number of ether oxygens (including phenoxy) is 1. The Kier molecular flexibility index (Phi) is 4.23. The number of amides is 1. The molecule has 1 aliphatic heterocycles. The van der Waals surface area contributed by atoms with Gasteiger partial charge in [-0.05, 0) is 48.7 Å². The minimum atomic E-state index is -0.791. The van der Waals surface area contributed by atoms with Gasteiger partial charge in [-0.25, -0.2) is 14.2 Å². The van der Waals surface area contributed by atoms with Crippen LogP contribution < -0.4 is 5.32 Å². The van der Waals surface area contributed by atoms with E-state index in [1.165, 1.54) is 30.5 Å². The van der Waals surface area contributed by atoms with Crippen molar-refractivity contribution in [1.82, 2.24) is 15.3 Å². The third-order valence-electron chi connectivity index (χ3n) is 5.27. The number of aromatic nitrogens is 2. The van der Waals surface area contributed by atoms with Gasteiger partial charge in [-0.2, -0.15) is 4.39 Å². The number of rotatable bonds is 4. The van der Waals surface area contributed by atoms with Crippen molar-refractivity contribution in [2.75, 3.05) is 0 Å². The predicted molar refractivity (Wildman–Crippen MR) is 101 cm³/mol.